The number of carbonyl (C=O) groups excluding carboxylic acids is 3. The number of urea groups is 1. The average Bonchev–Trinajstić information content (AvgIpc) is 2.97. The zero-order valence-electron chi connectivity index (χ0n) is 11.8. The van der Waals surface area contributed by atoms with Crippen molar-refractivity contribution in [3.8, 4) is 0 Å². The van der Waals surface area contributed by atoms with E-state index in [0.29, 0.717) is 12.8 Å². The molecule has 0 radical (unpaired) electrons. The molecule has 116 valence electrons. The Balaban J connectivity index is 2.01. The van der Waals surface area contributed by atoms with Crippen molar-refractivity contribution in [3.63, 3.8) is 0 Å². The van der Waals surface area contributed by atoms with Crippen LogP contribution in [-0.2, 0) is 9.59 Å². The number of nitrogens with one attached hydrogen (secondary N) is 2. The maximum atomic E-state index is 12.3. The predicted molar refractivity (Wildman–Crippen MR) is 82.8 cm³/mol. The Morgan fingerprint density at radius 1 is 1.32 bits per heavy atom. The first-order valence-electron chi connectivity index (χ1n) is 7.12. The van der Waals surface area contributed by atoms with Gasteiger partial charge in [-0.05, 0) is 30.5 Å². The Hall–Kier alpha value is -1.89. The predicted octanol–water partition coefficient (Wildman–Crippen LogP) is 1.40. The second kappa shape index (κ2) is 5.39. The Labute approximate surface area is 135 Å². The van der Waals surface area contributed by atoms with Gasteiger partial charge in [0.25, 0.3) is 5.91 Å². The van der Waals surface area contributed by atoms with Crippen LogP contribution in [0.4, 0.5) is 4.79 Å². The molecule has 4 N–H and O–H groups in total. The maximum Gasteiger partial charge on any atom is 0.322 e. The van der Waals surface area contributed by atoms with Crippen molar-refractivity contribution < 1.29 is 14.4 Å². The van der Waals surface area contributed by atoms with E-state index in [-0.39, 0.29) is 11.8 Å². The van der Waals surface area contributed by atoms with Gasteiger partial charge in [-0.2, -0.15) is 0 Å². The van der Waals surface area contributed by atoms with Crippen LogP contribution in [-0.4, -0.2) is 23.4 Å². The highest BCUT2D eigenvalue weighted by molar-refractivity contribution is 9.10. The third-order valence-corrected chi connectivity index (χ3v) is 5.15. The molecule has 1 aliphatic carbocycles. The van der Waals surface area contributed by atoms with Crippen molar-refractivity contribution in [2.45, 2.75) is 30.7 Å². The third-order valence-electron chi connectivity index (χ3n) is 4.63. The summed E-state index contributed by atoms with van der Waals surface area (Å²) in [5, 5.41) is 5.01. The van der Waals surface area contributed by atoms with Gasteiger partial charge < -0.3 is 11.1 Å². The van der Waals surface area contributed by atoms with Gasteiger partial charge in [0.2, 0.25) is 5.91 Å². The topological polar surface area (TPSA) is 101 Å². The molecule has 22 heavy (non-hydrogen) atoms. The molecule has 6 nitrogen and oxygen atoms in total. The number of nitrogens with two attached hydrogens (primary N) is 1. The quantitative estimate of drug-likeness (QED) is 0.705. The molecule has 1 saturated heterocycles. The van der Waals surface area contributed by atoms with Crippen molar-refractivity contribution in [2.24, 2.45) is 11.7 Å². The zero-order valence-corrected chi connectivity index (χ0v) is 13.4. The molecular formula is C15H16BrN3O3. The summed E-state index contributed by atoms with van der Waals surface area (Å²) in [6.45, 7) is 0. The van der Waals surface area contributed by atoms with Gasteiger partial charge in [-0.3, -0.25) is 14.9 Å². The van der Waals surface area contributed by atoms with Crippen molar-refractivity contribution >= 4 is 33.8 Å². The summed E-state index contributed by atoms with van der Waals surface area (Å²) < 4.78 is 0.896. The summed E-state index contributed by atoms with van der Waals surface area (Å²) in [5.41, 5.74) is 5.36. The van der Waals surface area contributed by atoms with Gasteiger partial charge >= 0.3 is 6.03 Å². The molecule has 0 aromatic heterocycles. The fraction of sp³-hybridized carbons (Fsp3) is 0.400. The van der Waals surface area contributed by atoms with Gasteiger partial charge in [0.05, 0.1) is 5.92 Å². The molecule has 1 aliphatic heterocycles. The van der Waals surface area contributed by atoms with Gasteiger partial charge in [-0.1, -0.05) is 34.5 Å². The lowest BCUT2D eigenvalue weighted by Gasteiger charge is -2.33. The standard InChI is InChI=1S/C15H16BrN3O3/c16-9-5-3-8(4-6-9)11(12(17)20)10-2-1-7-15(10)13(21)18-14(22)19-15/h3-6,10-11H,1-2,7H2,(H2,17,20)(H2,18,19,21,22). The Kier molecular flexibility index (Phi) is 3.68. The monoisotopic (exact) mass is 365 g/mol. The lowest BCUT2D eigenvalue weighted by Crippen LogP contribution is -2.53. The number of hydrogen-bond acceptors (Lipinski definition) is 3. The number of halogens is 1. The van der Waals surface area contributed by atoms with Gasteiger partial charge in [0.1, 0.15) is 5.54 Å². The second-order valence-electron chi connectivity index (χ2n) is 5.81. The number of rotatable bonds is 3. The smallest absolute Gasteiger partial charge is 0.322 e. The first-order valence-corrected chi connectivity index (χ1v) is 7.92. The normalized spacial score (nSPS) is 28.5. The van der Waals surface area contributed by atoms with Crippen molar-refractivity contribution in [1.82, 2.24) is 10.6 Å². The van der Waals surface area contributed by atoms with Crippen LogP contribution in [0, 0.1) is 5.92 Å². The maximum absolute atomic E-state index is 12.3. The van der Waals surface area contributed by atoms with Crippen LogP contribution in [0.2, 0.25) is 0 Å². The van der Waals surface area contributed by atoms with Crippen LogP contribution >= 0.6 is 15.9 Å². The van der Waals surface area contributed by atoms with E-state index in [0.717, 1.165) is 16.5 Å². The molecule has 3 unspecified atom stereocenters. The van der Waals surface area contributed by atoms with Gasteiger partial charge in [-0.15, -0.1) is 0 Å². The highest BCUT2D eigenvalue weighted by Gasteiger charge is 2.57. The zero-order chi connectivity index (χ0) is 15.9. The SMILES string of the molecule is NC(=O)C(c1ccc(Br)cc1)C1CCCC12NC(=O)NC2=O. The highest BCUT2D eigenvalue weighted by Crippen LogP contribution is 2.45. The lowest BCUT2D eigenvalue weighted by molar-refractivity contribution is -0.127. The molecule has 1 aromatic rings. The van der Waals surface area contributed by atoms with Crippen LogP contribution in [0.3, 0.4) is 0 Å². The average molecular weight is 366 g/mol. The number of benzene rings is 1. The molecule has 1 aromatic carbocycles. The molecule has 4 amide bonds. The number of imide groups is 1. The van der Waals surface area contributed by atoms with E-state index in [4.69, 9.17) is 5.73 Å². The summed E-state index contributed by atoms with van der Waals surface area (Å²) in [5.74, 6) is -1.79. The Morgan fingerprint density at radius 3 is 2.55 bits per heavy atom. The first-order chi connectivity index (χ1) is 10.4. The van der Waals surface area contributed by atoms with Gasteiger partial charge in [-0.25, -0.2) is 4.79 Å². The summed E-state index contributed by atoms with van der Waals surface area (Å²) in [6.07, 6.45) is 1.95. The van der Waals surface area contributed by atoms with Gasteiger partial charge in [0, 0.05) is 10.4 Å². The number of primary amides is 1. The van der Waals surface area contributed by atoms with Crippen molar-refractivity contribution in [3.05, 3.63) is 34.3 Å². The summed E-state index contributed by atoms with van der Waals surface area (Å²) in [4.78, 5) is 35.9. The summed E-state index contributed by atoms with van der Waals surface area (Å²) >= 11 is 3.36. The number of carbonyl (C=O) groups is 3. The first kappa shape index (κ1) is 15.0. The molecule has 3 rings (SSSR count). The van der Waals surface area contributed by atoms with Crippen LogP contribution in [0.1, 0.15) is 30.7 Å². The molecule has 0 bridgehead atoms. The Morgan fingerprint density at radius 2 is 2.00 bits per heavy atom. The molecule has 3 atom stereocenters. The summed E-state index contributed by atoms with van der Waals surface area (Å²) in [6, 6.07) is 6.80. The van der Waals surface area contributed by atoms with E-state index in [2.05, 4.69) is 26.6 Å². The minimum atomic E-state index is -1.02. The van der Waals surface area contributed by atoms with Crippen LogP contribution in [0.5, 0.6) is 0 Å². The molecule has 2 fully saturated rings. The molecule has 1 saturated carbocycles. The number of amides is 4. The highest BCUT2D eigenvalue weighted by atomic mass is 79.9. The van der Waals surface area contributed by atoms with Crippen molar-refractivity contribution in [1.29, 1.82) is 0 Å². The van der Waals surface area contributed by atoms with Crippen molar-refractivity contribution in [2.75, 3.05) is 0 Å². The fourth-order valence-corrected chi connectivity index (χ4v) is 3.96. The fourth-order valence-electron chi connectivity index (χ4n) is 3.69. The van der Waals surface area contributed by atoms with E-state index in [9.17, 15) is 14.4 Å². The third kappa shape index (κ3) is 2.29. The van der Waals surface area contributed by atoms with E-state index in [1.54, 1.807) is 0 Å². The van der Waals surface area contributed by atoms with Crippen LogP contribution in [0.15, 0.2) is 28.7 Å². The minimum Gasteiger partial charge on any atom is -0.369 e. The van der Waals surface area contributed by atoms with E-state index >= 15 is 0 Å². The molecule has 1 spiro atoms. The van der Waals surface area contributed by atoms with E-state index < -0.39 is 23.4 Å². The lowest BCUT2D eigenvalue weighted by atomic mass is 9.74. The minimum absolute atomic E-state index is 0.336. The molecular weight excluding hydrogens is 350 g/mol. The van der Waals surface area contributed by atoms with Gasteiger partial charge in [0.15, 0.2) is 0 Å². The molecule has 2 aliphatic rings. The largest absolute Gasteiger partial charge is 0.369 e. The van der Waals surface area contributed by atoms with Crippen LogP contribution in [0.25, 0.3) is 0 Å². The van der Waals surface area contributed by atoms with E-state index in [1.165, 1.54) is 0 Å². The molecule has 1 heterocycles. The number of hydrogen-bond donors (Lipinski definition) is 3. The van der Waals surface area contributed by atoms with Crippen LogP contribution < -0.4 is 16.4 Å². The second-order valence-corrected chi connectivity index (χ2v) is 6.73. The Bertz CT molecular complexity index is 646. The van der Waals surface area contributed by atoms with E-state index in [1.807, 2.05) is 24.3 Å². The summed E-state index contributed by atoms with van der Waals surface area (Å²) in [7, 11) is 0. The molecule has 7 heteroatoms.